The van der Waals surface area contributed by atoms with Crippen molar-refractivity contribution < 1.29 is 30.0 Å². The number of amides is 1. The van der Waals surface area contributed by atoms with E-state index in [0.29, 0.717) is 5.76 Å². The SMILES string of the molecule is CC1=C[C@@H](O)[C@@H](NC(=O)Cc2ccccc2)C([C@H](O)[C@H](O)CO)O1. The molecule has 0 aromatic heterocycles. The average molecular weight is 337 g/mol. The molecule has 1 aliphatic rings. The van der Waals surface area contributed by atoms with Crippen LogP contribution in [0.5, 0.6) is 0 Å². The normalized spacial score (nSPS) is 26.0. The van der Waals surface area contributed by atoms with Crippen LogP contribution in [-0.4, -0.2) is 63.4 Å². The van der Waals surface area contributed by atoms with Gasteiger partial charge in [-0.25, -0.2) is 0 Å². The monoisotopic (exact) mass is 337 g/mol. The highest BCUT2D eigenvalue weighted by Crippen LogP contribution is 2.22. The molecule has 0 aliphatic carbocycles. The first-order valence-electron chi connectivity index (χ1n) is 7.75. The number of carbonyl (C=O) groups is 1. The Bertz CT molecular complexity index is 576. The van der Waals surface area contributed by atoms with E-state index < -0.39 is 37.1 Å². The van der Waals surface area contributed by atoms with Gasteiger partial charge in [0.2, 0.25) is 5.91 Å². The van der Waals surface area contributed by atoms with Crippen LogP contribution in [0.3, 0.4) is 0 Å². The first-order valence-corrected chi connectivity index (χ1v) is 7.75. The number of nitrogens with one attached hydrogen (secondary N) is 1. The molecule has 0 spiro atoms. The van der Waals surface area contributed by atoms with Crippen molar-refractivity contribution in [2.24, 2.45) is 0 Å². The zero-order valence-electron chi connectivity index (χ0n) is 13.4. The molecule has 0 saturated carbocycles. The molecule has 132 valence electrons. The van der Waals surface area contributed by atoms with Gasteiger partial charge in [-0.3, -0.25) is 4.79 Å². The van der Waals surface area contributed by atoms with Crippen LogP contribution >= 0.6 is 0 Å². The number of allylic oxidation sites excluding steroid dienone is 1. The van der Waals surface area contributed by atoms with Crippen LogP contribution in [0.2, 0.25) is 0 Å². The summed E-state index contributed by atoms with van der Waals surface area (Å²) < 4.78 is 5.47. The van der Waals surface area contributed by atoms with Gasteiger partial charge < -0.3 is 30.5 Å². The molecule has 2 rings (SSSR count). The fourth-order valence-corrected chi connectivity index (χ4v) is 2.66. The highest BCUT2D eigenvalue weighted by Gasteiger charge is 2.41. The Morgan fingerprint density at radius 2 is 1.96 bits per heavy atom. The number of hydrogen-bond donors (Lipinski definition) is 5. The third-order valence-electron chi connectivity index (χ3n) is 3.90. The number of carbonyl (C=O) groups excluding carboxylic acids is 1. The van der Waals surface area contributed by atoms with Gasteiger partial charge >= 0.3 is 0 Å². The number of rotatable bonds is 6. The summed E-state index contributed by atoms with van der Waals surface area (Å²) in [5.41, 5.74) is 0.806. The lowest BCUT2D eigenvalue weighted by molar-refractivity contribution is -0.132. The van der Waals surface area contributed by atoms with Crippen LogP contribution in [0, 0.1) is 0 Å². The molecule has 24 heavy (non-hydrogen) atoms. The Kier molecular flexibility index (Phi) is 6.33. The zero-order chi connectivity index (χ0) is 17.7. The topological polar surface area (TPSA) is 119 Å². The van der Waals surface area contributed by atoms with Gasteiger partial charge in [-0.15, -0.1) is 0 Å². The van der Waals surface area contributed by atoms with E-state index in [2.05, 4.69) is 5.32 Å². The third-order valence-corrected chi connectivity index (χ3v) is 3.90. The number of benzene rings is 1. The lowest BCUT2D eigenvalue weighted by Crippen LogP contribution is -2.59. The fraction of sp³-hybridized carbons (Fsp3) is 0.471. The molecule has 1 aromatic carbocycles. The van der Waals surface area contributed by atoms with Gasteiger partial charge in [-0.2, -0.15) is 0 Å². The minimum Gasteiger partial charge on any atom is -0.490 e. The molecule has 5 N–H and O–H groups in total. The molecule has 0 radical (unpaired) electrons. The summed E-state index contributed by atoms with van der Waals surface area (Å²) >= 11 is 0. The third kappa shape index (κ3) is 4.55. The molecule has 0 fully saturated rings. The van der Waals surface area contributed by atoms with Crippen molar-refractivity contribution >= 4 is 5.91 Å². The predicted octanol–water partition coefficient (Wildman–Crippen LogP) is -0.909. The Morgan fingerprint density at radius 3 is 2.58 bits per heavy atom. The number of ether oxygens (including phenoxy) is 1. The van der Waals surface area contributed by atoms with E-state index in [4.69, 9.17) is 9.84 Å². The van der Waals surface area contributed by atoms with Gasteiger partial charge in [0, 0.05) is 0 Å². The molecule has 1 aliphatic heterocycles. The summed E-state index contributed by atoms with van der Waals surface area (Å²) in [7, 11) is 0. The van der Waals surface area contributed by atoms with Gasteiger partial charge in [-0.05, 0) is 18.6 Å². The summed E-state index contributed by atoms with van der Waals surface area (Å²) in [6.07, 6.45) is -3.53. The van der Waals surface area contributed by atoms with Crippen LogP contribution < -0.4 is 5.32 Å². The second kappa shape index (κ2) is 8.25. The second-order valence-corrected chi connectivity index (χ2v) is 5.85. The summed E-state index contributed by atoms with van der Waals surface area (Å²) in [5, 5.41) is 41.6. The standard InChI is InChI=1S/C17H23NO6/c1-10-7-12(20)15(17(24-10)16(23)13(21)9-19)18-14(22)8-11-5-3-2-4-6-11/h2-7,12-13,15-17,19-21,23H,8-9H2,1H3,(H,18,22)/t12-,13-,15-,16-,17?/m1/s1. The van der Waals surface area contributed by atoms with E-state index in [1.165, 1.54) is 6.08 Å². The van der Waals surface area contributed by atoms with E-state index in [9.17, 15) is 20.1 Å². The van der Waals surface area contributed by atoms with Gasteiger partial charge in [0.15, 0.2) is 0 Å². The van der Waals surface area contributed by atoms with E-state index in [1.54, 1.807) is 19.1 Å². The van der Waals surface area contributed by atoms with Crippen LogP contribution in [0.1, 0.15) is 12.5 Å². The van der Waals surface area contributed by atoms with Crippen LogP contribution in [0.25, 0.3) is 0 Å². The lowest BCUT2D eigenvalue weighted by atomic mass is 9.93. The Morgan fingerprint density at radius 1 is 1.29 bits per heavy atom. The fourth-order valence-electron chi connectivity index (χ4n) is 2.66. The maximum Gasteiger partial charge on any atom is 0.224 e. The highest BCUT2D eigenvalue weighted by molar-refractivity contribution is 5.79. The first-order chi connectivity index (χ1) is 11.4. The molecule has 1 amide bonds. The summed E-state index contributed by atoms with van der Waals surface area (Å²) in [4.78, 5) is 12.2. The first kappa shape index (κ1) is 18.4. The number of aliphatic hydroxyl groups excluding tert-OH is 4. The van der Waals surface area contributed by atoms with Crippen molar-refractivity contribution in [2.75, 3.05) is 6.61 Å². The predicted molar refractivity (Wildman–Crippen MR) is 85.8 cm³/mol. The average Bonchev–Trinajstić information content (AvgIpc) is 2.56. The van der Waals surface area contributed by atoms with Crippen molar-refractivity contribution in [1.29, 1.82) is 0 Å². The molecule has 1 heterocycles. The van der Waals surface area contributed by atoms with Crippen molar-refractivity contribution in [1.82, 2.24) is 5.32 Å². The van der Waals surface area contributed by atoms with Crippen molar-refractivity contribution in [3.05, 3.63) is 47.7 Å². The molecule has 5 atom stereocenters. The van der Waals surface area contributed by atoms with Crippen molar-refractivity contribution in [2.45, 2.75) is 43.8 Å². The van der Waals surface area contributed by atoms with Gasteiger partial charge in [-0.1, -0.05) is 30.3 Å². The molecular weight excluding hydrogens is 314 g/mol. The Labute approximate surface area is 140 Å². The largest absolute Gasteiger partial charge is 0.490 e. The minimum atomic E-state index is -1.46. The Balaban J connectivity index is 2.10. The highest BCUT2D eigenvalue weighted by atomic mass is 16.5. The van der Waals surface area contributed by atoms with Gasteiger partial charge in [0.05, 0.1) is 30.9 Å². The summed E-state index contributed by atoms with van der Waals surface area (Å²) in [5.74, 6) is 0.0164. The molecule has 0 bridgehead atoms. The van der Waals surface area contributed by atoms with Crippen LogP contribution in [0.4, 0.5) is 0 Å². The van der Waals surface area contributed by atoms with E-state index in [1.807, 2.05) is 18.2 Å². The minimum absolute atomic E-state index is 0.109. The molecule has 1 aromatic rings. The summed E-state index contributed by atoms with van der Waals surface area (Å²) in [6.45, 7) is 0.931. The quantitative estimate of drug-likeness (QED) is 0.459. The molecule has 7 nitrogen and oxygen atoms in total. The molecular formula is C17H23NO6. The van der Waals surface area contributed by atoms with E-state index >= 15 is 0 Å². The number of hydrogen-bond acceptors (Lipinski definition) is 6. The van der Waals surface area contributed by atoms with Crippen LogP contribution in [-0.2, 0) is 16.0 Å². The maximum absolute atomic E-state index is 12.2. The molecule has 7 heteroatoms. The maximum atomic E-state index is 12.2. The van der Waals surface area contributed by atoms with Crippen LogP contribution in [0.15, 0.2) is 42.2 Å². The second-order valence-electron chi connectivity index (χ2n) is 5.85. The zero-order valence-corrected chi connectivity index (χ0v) is 13.4. The Hall–Kier alpha value is -1.93. The summed E-state index contributed by atoms with van der Waals surface area (Å²) in [6, 6.07) is 8.14. The van der Waals surface area contributed by atoms with Gasteiger partial charge in [0.25, 0.3) is 0 Å². The van der Waals surface area contributed by atoms with E-state index in [0.717, 1.165) is 5.56 Å². The van der Waals surface area contributed by atoms with Crippen molar-refractivity contribution in [3.63, 3.8) is 0 Å². The van der Waals surface area contributed by atoms with E-state index in [-0.39, 0.29) is 12.3 Å². The van der Waals surface area contributed by atoms with Gasteiger partial charge in [0.1, 0.15) is 18.3 Å². The smallest absolute Gasteiger partial charge is 0.224 e. The molecule has 0 saturated heterocycles. The lowest BCUT2D eigenvalue weighted by Gasteiger charge is -2.38. The molecule has 1 unspecified atom stereocenters. The van der Waals surface area contributed by atoms with Crippen molar-refractivity contribution in [3.8, 4) is 0 Å². The number of aliphatic hydroxyl groups is 4.